The Morgan fingerprint density at radius 3 is 2.48 bits per heavy atom. The van der Waals surface area contributed by atoms with Crippen molar-refractivity contribution in [1.29, 1.82) is 0 Å². The van der Waals surface area contributed by atoms with Crippen LogP contribution in [0.1, 0.15) is 17.7 Å². The predicted octanol–water partition coefficient (Wildman–Crippen LogP) is 4.80. The van der Waals surface area contributed by atoms with E-state index < -0.39 is 0 Å². The average molecular weight is 378 g/mol. The van der Waals surface area contributed by atoms with Crippen LogP contribution in [0.15, 0.2) is 54.9 Å². The lowest BCUT2D eigenvalue weighted by Crippen LogP contribution is -2.06. The molecule has 5 rings (SSSR count). The maximum absolute atomic E-state index is 5.91. The van der Waals surface area contributed by atoms with Gasteiger partial charge in [-0.1, -0.05) is 11.6 Å². The second-order valence-corrected chi connectivity index (χ2v) is 6.85. The number of nitrogens with zero attached hydrogens (tertiary/aromatic N) is 4. The Kier molecular flexibility index (Phi) is 3.90. The summed E-state index contributed by atoms with van der Waals surface area (Å²) in [5, 5.41) is 8.48. The van der Waals surface area contributed by atoms with Gasteiger partial charge in [0.2, 0.25) is 0 Å². The van der Waals surface area contributed by atoms with E-state index in [2.05, 4.69) is 20.4 Å². The van der Waals surface area contributed by atoms with Gasteiger partial charge >= 0.3 is 0 Å². The summed E-state index contributed by atoms with van der Waals surface area (Å²) in [6.45, 7) is 0. The van der Waals surface area contributed by atoms with E-state index in [1.165, 1.54) is 11.9 Å². The number of anilines is 2. The Morgan fingerprint density at radius 1 is 0.963 bits per heavy atom. The highest BCUT2D eigenvalue weighted by Gasteiger charge is 2.21. The maximum atomic E-state index is 5.91. The van der Waals surface area contributed by atoms with Crippen molar-refractivity contribution in [3.05, 3.63) is 71.1 Å². The van der Waals surface area contributed by atoms with Gasteiger partial charge in [-0.2, -0.15) is 14.6 Å². The molecule has 2 heterocycles. The summed E-state index contributed by atoms with van der Waals surface area (Å²) >= 11 is 5.91. The molecule has 0 saturated carbocycles. The standard InChI is InChI=1S/C20H16ClN5O/c21-13-4-8-15(9-5-13)27-16-10-6-14(7-11-16)24-19-17-2-1-3-18(17)25-20-22-12-23-26(19)20/h4-12,24H,1-3H2. The minimum atomic E-state index is 0.626. The van der Waals surface area contributed by atoms with E-state index >= 15 is 0 Å². The molecule has 27 heavy (non-hydrogen) atoms. The molecule has 0 saturated heterocycles. The third-order valence-corrected chi connectivity index (χ3v) is 4.87. The second-order valence-electron chi connectivity index (χ2n) is 6.42. The molecule has 2 aromatic carbocycles. The van der Waals surface area contributed by atoms with Gasteiger partial charge in [-0.15, -0.1) is 0 Å². The van der Waals surface area contributed by atoms with Crippen molar-refractivity contribution in [2.24, 2.45) is 0 Å². The summed E-state index contributed by atoms with van der Waals surface area (Å²) in [6, 6.07) is 15.1. The fraction of sp³-hybridized carbons (Fsp3) is 0.150. The minimum Gasteiger partial charge on any atom is -0.457 e. The van der Waals surface area contributed by atoms with Crippen molar-refractivity contribution in [2.45, 2.75) is 19.3 Å². The molecule has 0 aliphatic heterocycles. The van der Waals surface area contributed by atoms with Crippen LogP contribution in [0.3, 0.4) is 0 Å². The van der Waals surface area contributed by atoms with Crippen LogP contribution in [0.4, 0.5) is 11.5 Å². The number of nitrogens with one attached hydrogen (secondary N) is 1. The lowest BCUT2D eigenvalue weighted by Gasteiger charge is -2.13. The van der Waals surface area contributed by atoms with Crippen molar-refractivity contribution in [3.8, 4) is 11.5 Å². The zero-order chi connectivity index (χ0) is 18.2. The molecule has 4 aromatic rings. The Labute approximate surface area is 160 Å². The first kappa shape index (κ1) is 16.1. The molecule has 1 aliphatic rings. The lowest BCUT2D eigenvalue weighted by atomic mass is 10.2. The number of ether oxygens (including phenoxy) is 1. The van der Waals surface area contributed by atoms with Gasteiger partial charge in [-0.3, -0.25) is 0 Å². The summed E-state index contributed by atoms with van der Waals surface area (Å²) in [6.07, 6.45) is 4.63. The highest BCUT2D eigenvalue weighted by molar-refractivity contribution is 6.30. The van der Waals surface area contributed by atoms with Gasteiger partial charge in [0.25, 0.3) is 5.78 Å². The van der Waals surface area contributed by atoms with Crippen LogP contribution in [0, 0.1) is 0 Å². The molecular formula is C20H16ClN5O. The van der Waals surface area contributed by atoms with E-state index in [9.17, 15) is 0 Å². The first-order chi connectivity index (χ1) is 13.3. The Balaban J connectivity index is 1.41. The van der Waals surface area contributed by atoms with Crippen molar-refractivity contribution in [2.75, 3.05) is 5.32 Å². The number of aromatic nitrogens is 4. The van der Waals surface area contributed by atoms with Gasteiger partial charge in [-0.25, -0.2) is 4.98 Å². The maximum Gasteiger partial charge on any atom is 0.254 e. The summed E-state index contributed by atoms with van der Waals surface area (Å²) < 4.78 is 7.61. The summed E-state index contributed by atoms with van der Waals surface area (Å²) in [4.78, 5) is 8.84. The van der Waals surface area contributed by atoms with Crippen molar-refractivity contribution in [1.82, 2.24) is 19.6 Å². The Hall–Kier alpha value is -3.12. The minimum absolute atomic E-state index is 0.626. The van der Waals surface area contributed by atoms with Crippen LogP contribution in [0.5, 0.6) is 11.5 Å². The summed E-state index contributed by atoms with van der Waals surface area (Å²) in [5.74, 6) is 3.07. The third kappa shape index (κ3) is 3.08. The van der Waals surface area contributed by atoms with E-state index in [4.69, 9.17) is 16.3 Å². The predicted molar refractivity (Wildman–Crippen MR) is 104 cm³/mol. The van der Waals surface area contributed by atoms with Crippen LogP contribution in [-0.4, -0.2) is 19.6 Å². The summed E-state index contributed by atoms with van der Waals surface area (Å²) in [7, 11) is 0. The molecule has 0 fully saturated rings. The van der Waals surface area contributed by atoms with Crippen LogP contribution in [-0.2, 0) is 12.8 Å². The zero-order valence-electron chi connectivity index (χ0n) is 14.4. The second kappa shape index (κ2) is 6.55. The van der Waals surface area contributed by atoms with E-state index in [-0.39, 0.29) is 0 Å². The van der Waals surface area contributed by atoms with Crippen LogP contribution >= 0.6 is 11.6 Å². The highest BCUT2D eigenvalue weighted by Crippen LogP contribution is 2.31. The smallest absolute Gasteiger partial charge is 0.254 e. The quantitative estimate of drug-likeness (QED) is 0.553. The van der Waals surface area contributed by atoms with Crippen molar-refractivity contribution < 1.29 is 4.74 Å². The molecule has 1 aliphatic carbocycles. The van der Waals surface area contributed by atoms with Gasteiger partial charge in [0.05, 0.1) is 5.69 Å². The molecule has 7 heteroatoms. The van der Waals surface area contributed by atoms with Gasteiger partial charge in [-0.05, 0) is 67.8 Å². The summed E-state index contributed by atoms with van der Waals surface area (Å²) in [5.41, 5.74) is 3.28. The van der Waals surface area contributed by atoms with Crippen molar-refractivity contribution >= 4 is 28.9 Å². The van der Waals surface area contributed by atoms with E-state index in [1.54, 1.807) is 16.6 Å². The number of hydrogen-bond acceptors (Lipinski definition) is 5. The number of benzene rings is 2. The van der Waals surface area contributed by atoms with E-state index in [0.717, 1.165) is 48.0 Å². The number of fused-ring (bicyclic) bond motifs is 2. The molecular weight excluding hydrogens is 362 g/mol. The molecule has 0 amide bonds. The molecule has 0 bridgehead atoms. The third-order valence-electron chi connectivity index (χ3n) is 4.62. The normalized spacial score (nSPS) is 12.9. The molecule has 6 nitrogen and oxygen atoms in total. The SMILES string of the molecule is Clc1ccc(Oc2ccc(Nc3c4c(nc5ncnn35)CCC4)cc2)cc1. The lowest BCUT2D eigenvalue weighted by molar-refractivity contribution is 0.483. The number of rotatable bonds is 4. The fourth-order valence-electron chi connectivity index (χ4n) is 3.33. The monoisotopic (exact) mass is 377 g/mol. The fourth-order valence-corrected chi connectivity index (χ4v) is 3.46. The van der Waals surface area contributed by atoms with Gasteiger partial charge < -0.3 is 10.1 Å². The molecule has 1 N–H and O–H groups in total. The first-order valence-electron chi connectivity index (χ1n) is 8.78. The molecule has 2 aromatic heterocycles. The molecule has 0 spiro atoms. The molecule has 0 radical (unpaired) electrons. The van der Waals surface area contributed by atoms with Crippen LogP contribution in [0.25, 0.3) is 5.78 Å². The molecule has 0 atom stereocenters. The van der Waals surface area contributed by atoms with E-state index in [0.29, 0.717) is 10.8 Å². The highest BCUT2D eigenvalue weighted by atomic mass is 35.5. The van der Waals surface area contributed by atoms with E-state index in [1.807, 2.05) is 36.4 Å². The van der Waals surface area contributed by atoms with Gasteiger partial charge in [0, 0.05) is 16.3 Å². The average Bonchev–Trinajstić information content (AvgIpc) is 3.34. The molecule has 134 valence electrons. The number of hydrogen-bond donors (Lipinski definition) is 1. The topological polar surface area (TPSA) is 64.3 Å². The number of halogens is 1. The van der Waals surface area contributed by atoms with Crippen molar-refractivity contribution in [3.63, 3.8) is 0 Å². The first-order valence-corrected chi connectivity index (χ1v) is 9.16. The Morgan fingerprint density at radius 2 is 1.70 bits per heavy atom. The molecule has 0 unspecified atom stereocenters. The number of aryl methyl sites for hydroxylation is 1. The van der Waals surface area contributed by atoms with Crippen LogP contribution in [0.2, 0.25) is 5.02 Å². The van der Waals surface area contributed by atoms with Gasteiger partial charge in [0.1, 0.15) is 23.6 Å². The zero-order valence-corrected chi connectivity index (χ0v) is 15.1. The van der Waals surface area contributed by atoms with Gasteiger partial charge in [0.15, 0.2) is 0 Å². The largest absolute Gasteiger partial charge is 0.457 e. The van der Waals surface area contributed by atoms with Crippen LogP contribution < -0.4 is 10.1 Å². The Bertz CT molecular complexity index is 1110.